The predicted octanol–water partition coefficient (Wildman–Crippen LogP) is 3.19. The summed E-state index contributed by atoms with van der Waals surface area (Å²) in [5.41, 5.74) is 1.20. The normalized spacial score (nSPS) is 12.9. The van der Waals surface area contributed by atoms with E-state index in [0.29, 0.717) is 5.92 Å². The summed E-state index contributed by atoms with van der Waals surface area (Å²) in [5.74, 6) is 0.390. The van der Waals surface area contributed by atoms with Gasteiger partial charge >= 0.3 is 0 Å². The van der Waals surface area contributed by atoms with Gasteiger partial charge in [0.05, 0.1) is 0 Å². The Labute approximate surface area is 82.8 Å². The number of benzene rings is 1. The van der Waals surface area contributed by atoms with Crippen LogP contribution in [0.1, 0.15) is 18.4 Å². The van der Waals surface area contributed by atoms with Crippen molar-refractivity contribution in [1.29, 1.82) is 0 Å². The Balaban J connectivity index is 2.73. The fourth-order valence-electron chi connectivity index (χ4n) is 1.05. The van der Waals surface area contributed by atoms with Crippen LogP contribution in [0.4, 0.5) is 0 Å². The lowest BCUT2D eigenvalue weighted by Gasteiger charge is -2.09. The minimum atomic E-state index is 0.390. The molecule has 1 aromatic carbocycles. The summed E-state index contributed by atoms with van der Waals surface area (Å²) >= 11 is 11.2. The van der Waals surface area contributed by atoms with Crippen LogP contribution in [0.2, 0.25) is 5.02 Å². The van der Waals surface area contributed by atoms with Crippen molar-refractivity contribution >= 4 is 23.4 Å². The van der Waals surface area contributed by atoms with E-state index >= 15 is 0 Å². The molecule has 0 radical (unpaired) electrons. The summed E-state index contributed by atoms with van der Waals surface area (Å²) in [5, 5.41) is 0.772. The highest BCUT2D eigenvalue weighted by Gasteiger charge is 2.03. The fraction of sp³-hybridized carbons (Fsp3) is 0.333. The zero-order valence-electron chi connectivity index (χ0n) is 6.85. The second-order valence-electron chi connectivity index (χ2n) is 2.79. The molecule has 0 aliphatic heterocycles. The van der Waals surface area contributed by atoms with Gasteiger partial charge in [0.2, 0.25) is 0 Å². The van der Waals surface area contributed by atoms with E-state index in [4.69, 9.17) is 23.4 Å². The predicted molar refractivity (Wildman–Crippen MR) is 53.7 cm³/mol. The van der Waals surface area contributed by atoms with E-state index < -0.39 is 0 Å². The van der Waals surface area contributed by atoms with Crippen LogP contribution in [0.3, 0.4) is 0 Å². The summed E-state index contributed by atoms with van der Waals surface area (Å²) in [4.78, 5) is 2.61. The second kappa shape index (κ2) is 4.70. The van der Waals surface area contributed by atoms with E-state index in [1.807, 2.05) is 24.3 Å². The average molecular weight is 204 g/mol. The molecule has 66 valence electrons. The van der Waals surface area contributed by atoms with Crippen LogP contribution >= 0.6 is 23.4 Å². The molecule has 1 rings (SSSR count). The van der Waals surface area contributed by atoms with Gasteiger partial charge in [-0.3, -0.25) is 0 Å². The van der Waals surface area contributed by atoms with Crippen molar-refractivity contribution in [3.05, 3.63) is 34.9 Å². The maximum Gasteiger partial charge on any atom is 0.0408 e. The topological polar surface area (TPSA) is 12.0 Å². The minimum absolute atomic E-state index is 0.390. The fourth-order valence-corrected chi connectivity index (χ4v) is 1.48. The molecule has 0 bridgehead atoms. The highest BCUT2D eigenvalue weighted by Crippen LogP contribution is 2.18. The number of nitrogens with one attached hydrogen (secondary N) is 1. The van der Waals surface area contributed by atoms with Gasteiger partial charge in [-0.15, -0.1) is 0 Å². The maximum absolute atomic E-state index is 5.84. The van der Waals surface area contributed by atoms with Gasteiger partial charge in [-0.1, -0.05) is 30.7 Å². The molecule has 1 nitrogen and oxygen atoms in total. The molecule has 0 saturated carbocycles. The molecule has 0 amide bonds. The Morgan fingerprint density at radius 1 is 1.50 bits per heavy atom. The third-order valence-electron chi connectivity index (χ3n) is 1.80. The van der Waals surface area contributed by atoms with Gasteiger partial charge in [0.25, 0.3) is 0 Å². The van der Waals surface area contributed by atoms with Crippen LogP contribution < -0.4 is 4.84 Å². The highest BCUT2D eigenvalue weighted by molar-refractivity contribution is 6.30. The summed E-state index contributed by atoms with van der Waals surface area (Å²) in [7, 11) is 0. The Morgan fingerprint density at radius 3 is 2.83 bits per heavy atom. The Kier molecular flexibility index (Phi) is 3.86. The zero-order chi connectivity index (χ0) is 8.97. The Bertz CT molecular complexity index is 250. The van der Waals surface area contributed by atoms with Gasteiger partial charge in [0.1, 0.15) is 0 Å². The molecule has 1 aromatic rings. The third kappa shape index (κ3) is 2.67. The molecule has 0 aromatic heterocycles. The quantitative estimate of drug-likeness (QED) is 0.745. The first-order chi connectivity index (χ1) is 5.74. The van der Waals surface area contributed by atoms with Crippen LogP contribution in [0.15, 0.2) is 24.3 Å². The first-order valence-electron chi connectivity index (χ1n) is 3.83. The number of halogens is 2. The molecular formula is C9H11Cl2N. The van der Waals surface area contributed by atoms with Crippen LogP contribution in [-0.4, -0.2) is 6.54 Å². The van der Waals surface area contributed by atoms with E-state index in [9.17, 15) is 0 Å². The lowest BCUT2D eigenvalue weighted by Crippen LogP contribution is -2.09. The van der Waals surface area contributed by atoms with Crippen molar-refractivity contribution < 1.29 is 0 Å². The number of hydrogen-bond donors (Lipinski definition) is 1. The summed E-state index contributed by atoms with van der Waals surface area (Å²) in [6.45, 7) is 2.85. The van der Waals surface area contributed by atoms with Gasteiger partial charge in [-0.2, -0.15) is 0 Å². The molecule has 0 fully saturated rings. The van der Waals surface area contributed by atoms with Crippen molar-refractivity contribution in [2.75, 3.05) is 6.54 Å². The largest absolute Gasteiger partial charge is 0.233 e. The molecule has 1 unspecified atom stereocenters. The van der Waals surface area contributed by atoms with Gasteiger partial charge in [0, 0.05) is 11.6 Å². The number of hydrogen-bond acceptors (Lipinski definition) is 1. The maximum atomic E-state index is 5.84. The van der Waals surface area contributed by atoms with Gasteiger partial charge in [-0.25, -0.2) is 4.84 Å². The van der Waals surface area contributed by atoms with E-state index in [0.717, 1.165) is 11.6 Å². The molecule has 3 heteroatoms. The van der Waals surface area contributed by atoms with Crippen LogP contribution in [0, 0.1) is 0 Å². The minimum Gasteiger partial charge on any atom is -0.233 e. The zero-order valence-corrected chi connectivity index (χ0v) is 8.36. The molecule has 0 aliphatic carbocycles. The first kappa shape index (κ1) is 9.85. The summed E-state index contributed by atoms with van der Waals surface area (Å²) in [6, 6.07) is 7.82. The van der Waals surface area contributed by atoms with Crippen molar-refractivity contribution in [2.45, 2.75) is 12.8 Å². The van der Waals surface area contributed by atoms with Gasteiger partial charge < -0.3 is 0 Å². The van der Waals surface area contributed by atoms with Crippen LogP contribution in [0.25, 0.3) is 0 Å². The molecule has 1 N–H and O–H groups in total. The molecule has 0 aliphatic rings. The molecule has 1 atom stereocenters. The van der Waals surface area contributed by atoms with Gasteiger partial charge in [-0.05, 0) is 35.4 Å². The average Bonchev–Trinajstić information content (AvgIpc) is 2.05. The van der Waals surface area contributed by atoms with Crippen molar-refractivity contribution in [3.63, 3.8) is 0 Å². The first-order valence-corrected chi connectivity index (χ1v) is 4.58. The molecule has 0 saturated heterocycles. The van der Waals surface area contributed by atoms with Crippen molar-refractivity contribution in [2.24, 2.45) is 0 Å². The summed E-state index contributed by atoms with van der Waals surface area (Å²) < 4.78 is 0. The lowest BCUT2D eigenvalue weighted by molar-refractivity contribution is 0.736. The molecular weight excluding hydrogens is 193 g/mol. The molecule has 0 spiro atoms. The molecule has 0 heterocycles. The van der Waals surface area contributed by atoms with Gasteiger partial charge in [0.15, 0.2) is 0 Å². The third-order valence-corrected chi connectivity index (χ3v) is 2.19. The number of rotatable bonds is 3. The van der Waals surface area contributed by atoms with E-state index in [-0.39, 0.29) is 0 Å². The standard InChI is InChI=1S/C9H11Cl2N/c1-7(6-12-11)8-3-2-4-9(10)5-8/h2-5,7,12H,6H2,1H3. The second-order valence-corrected chi connectivity index (χ2v) is 3.50. The Morgan fingerprint density at radius 2 is 2.25 bits per heavy atom. The van der Waals surface area contributed by atoms with E-state index in [1.54, 1.807) is 0 Å². The smallest absolute Gasteiger partial charge is 0.0408 e. The van der Waals surface area contributed by atoms with Crippen LogP contribution in [-0.2, 0) is 0 Å². The summed E-state index contributed by atoms with van der Waals surface area (Å²) in [6.07, 6.45) is 0. The molecule has 12 heavy (non-hydrogen) atoms. The lowest BCUT2D eigenvalue weighted by atomic mass is 10.0. The Hall–Kier alpha value is -0.240. The monoisotopic (exact) mass is 203 g/mol. The van der Waals surface area contributed by atoms with Crippen molar-refractivity contribution in [1.82, 2.24) is 4.84 Å². The van der Waals surface area contributed by atoms with Crippen molar-refractivity contribution in [3.8, 4) is 0 Å². The van der Waals surface area contributed by atoms with Crippen LogP contribution in [0.5, 0.6) is 0 Å². The highest BCUT2D eigenvalue weighted by atomic mass is 35.5. The SMILES string of the molecule is CC(CNCl)c1cccc(Cl)c1. The van der Waals surface area contributed by atoms with E-state index in [2.05, 4.69) is 11.8 Å². The van der Waals surface area contributed by atoms with E-state index in [1.165, 1.54) is 5.56 Å².